The van der Waals surface area contributed by atoms with E-state index in [2.05, 4.69) is 85.2 Å². The molecule has 0 saturated heterocycles. The SMILES string of the molecule is CC1(C2=CC(c3cccc(-c4ccccc4)c3)[NH2+]C=C2)CC1. The smallest absolute Gasteiger partial charge is 0.135 e. The van der Waals surface area contributed by atoms with E-state index >= 15 is 0 Å². The Hall–Kier alpha value is -2.12. The summed E-state index contributed by atoms with van der Waals surface area (Å²) in [6.45, 7) is 2.38. The van der Waals surface area contributed by atoms with Crippen LogP contribution in [0, 0.1) is 5.41 Å². The van der Waals surface area contributed by atoms with Crippen molar-refractivity contribution in [3.63, 3.8) is 0 Å². The number of benzene rings is 2. The van der Waals surface area contributed by atoms with Crippen LogP contribution < -0.4 is 5.32 Å². The molecule has 1 heteroatoms. The summed E-state index contributed by atoms with van der Waals surface area (Å²) >= 11 is 0. The summed E-state index contributed by atoms with van der Waals surface area (Å²) in [5.41, 5.74) is 5.93. The number of allylic oxidation sites excluding steroid dienone is 2. The molecule has 0 aromatic heterocycles. The molecular formula is C21H22N+. The van der Waals surface area contributed by atoms with Gasteiger partial charge in [0.05, 0.1) is 6.20 Å². The molecule has 1 nitrogen and oxygen atoms in total. The summed E-state index contributed by atoms with van der Waals surface area (Å²) in [5.74, 6) is 0. The minimum atomic E-state index is 0.404. The Morgan fingerprint density at radius 3 is 2.50 bits per heavy atom. The van der Waals surface area contributed by atoms with Gasteiger partial charge in [-0.25, -0.2) is 0 Å². The maximum atomic E-state index is 2.46. The minimum Gasteiger partial charge on any atom is -0.311 e. The lowest BCUT2D eigenvalue weighted by Gasteiger charge is -2.19. The first-order chi connectivity index (χ1) is 10.7. The van der Waals surface area contributed by atoms with Crippen LogP contribution >= 0.6 is 0 Å². The second kappa shape index (κ2) is 5.26. The maximum absolute atomic E-state index is 2.46. The number of hydrogen-bond donors (Lipinski definition) is 1. The molecule has 2 N–H and O–H groups in total. The predicted molar refractivity (Wildman–Crippen MR) is 91.1 cm³/mol. The molecule has 0 spiro atoms. The molecule has 1 saturated carbocycles. The summed E-state index contributed by atoms with van der Waals surface area (Å²) in [6.07, 6.45) is 9.65. The summed E-state index contributed by atoms with van der Waals surface area (Å²) < 4.78 is 0. The van der Waals surface area contributed by atoms with E-state index in [1.807, 2.05) is 0 Å². The highest BCUT2D eigenvalue weighted by Gasteiger charge is 2.41. The van der Waals surface area contributed by atoms with Gasteiger partial charge in [0, 0.05) is 5.56 Å². The zero-order valence-corrected chi connectivity index (χ0v) is 13.0. The molecule has 0 bridgehead atoms. The van der Waals surface area contributed by atoms with E-state index in [0.29, 0.717) is 11.5 Å². The molecule has 1 heterocycles. The van der Waals surface area contributed by atoms with Gasteiger partial charge < -0.3 is 5.32 Å². The topological polar surface area (TPSA) is 16.6 Å². The normalized spacial score (nSPS) is 22.2. The van der Waals surface area contributed by atoms with Crippen molar-refractivity contribution in [2.75, 3.05) is 0 Å². The third kappa shape index (κ3) is 2.53. The highest BCUT2D eigenvalue weighted by atomic mass is 14.9. The van der Waals surface area contributed by atoms with Gasteiger partial charge in [-0.15, -0.1) is 0 Å². The van der Waals surface area contributed by atoms with E-state index in [1.165, 1.54) is 35.1 Å². The Morgan fingerprint density at radius 1 is 0.955 bits per heavy atom. The fourth-order valence-corrected chi connectivity index (χ4v) is 3.23. The van der Waals surface area contributed by atoms with E-state index in [4.69, 9.17) is 0 Å². The summed E-state index contributed by atoms with van der Waals surface area (Å²) in [7, 11) is 0. The quantitative estimate of drug-likeness (QED) is 0.871. The summed E-state index contributed by atoms with van der Waals surface area (Å²) in [4.78, 5) is 0. The van der Waals surface area contributed by atoms with Crippen LogP contribution in [0.3, 0.4) is 0 Å². The monoisotopic (exact) mass is 288 g/mol. The lowest BCUT2D eigenvalue weighted by molar-refractivity contribution is -0.623. The molecular weight excluding hydrogens is 266 g/mol. The fourth-order valence-electron chi connectivity index (χ4n) is 3.23. The van der Waals surface area contributed by atoms with Crippen molar-refractivity contribution < 1.29 is 5.32 Å². The highest BCUT2D eigenvalue weighted by molar-refractivity contribution is 5.64. The van der Waals surface area contributed by atoms with Gasteiger partial charge in [-0.05, 0) is 53.2 Å². The molecule has 1 fully saturated rings. The first-order valence-electron chi connectivity index (χ1n) is 8.14. The van der Waals surface area contributed by atoms with Gasteiger partial charge in [0.15, 0.2) is 0 Å². The number of nitrogens with two attached hydrogens (primary N) is 1. The molecule has 110 valence electrons. The van der Waals surface area contributed by atoms with Crippen LogP contribution in [0.1, 0.15) is 31.4 Å². The molecule has 2 aromatic carbocycles. The Balaban J connectivity index is 1.66. The largest absolute Gasteiger partial charge is 0.311 e. The Kier molecular flexibility index (Phi) is 3.24. The highest BCUT2D eigenvalue weighted by Crippen LogP contribution is 2.52. The minimum absolute atomic E-state index is 0.404. The maximum Gasteiger partial charge on any atom is 0.135 e. The van der Waals surface area contributed by atoms with E-state index in [1.54, 1.807) is 0 Å². The molecule has 1 unspecified atom stereocenters. The average Bonchev–Trinajstić information content (AvgIpc) is 3.35. The van der Waals surface area contributed by atoms with Crippen molar-refractivity contribution >= 4 is 0 Å². The van der Waals surface area contributed by atoms with Crippen LogP contribution in [-0.4, -0.2) is 0 Å². The summed E-state index contributed by atoms with van der Waals surface area (Å²) in [5, 5.41) is 2.30. The zero-order valence-electron chi connectivity index (χ0n) is 13.0. The van der Waals surface area contributed by atoms with Crippen molar-refractivity contribution in [1.82, 2.24) is 0 Å². The van der Waals surface area contributed by atoms with Gasteiger partial charge >= 0.3 is 0 Å². The first kappa shape index (κ1) is 13.5. The standard InChI is InChI=1S/C21H21N/c1-21(11-12-21)19-10-13-22-20(15-19)18-9-5-8-17(14-18)16-6-3-2-4-7-16/h2-10,13-15,20,22H,11-12H2,1H3/p+1. The lowest BCUT2D eigenvalue weighted by atomic mass is 9.91. The predicted octanol–water partition coefficient (Wildman–Crippen LogP) is 4.21. The Morgan fingerprint density at radius 2 is 1.73 bits per heavy atom. The van der Waals surface area contributed by atoms with Crippen molar-refractivity contribution in [2.45, 2.75) is 25.8 Å². The van der Waals surface area contributed by atoms with Crippen molar-refractivity contribution in [3.05, 3.63) is 84.1 Å². The first-order valence-corrected chi connectivity index (χ1v) is 8.14. The van der Waals surface area contributed by atoms with Crippen molar-refractivity contribution in [1.29, 1.82) is 0 Å². The molecule has 0 radical (unpaired) electrons. The van der Waals surface area contributed by atoms with Crippen molar-refractivity contribution in [2.24, 2.45) is 5.41 Å². The van der Waals surface area contributed by atoms with E-state index in [0.717, 1.165) is 0 Å². The molecule has 2 aromatic rings. The number of rotatable bonds is 3. The third-order valence-electron chi connectivity index (χ3n) is 5.03. The molecule has 1 atom stereocenters. The van der Waals surface area contributed by atoms with Crippen LogP contribution in [0.25, 0.3) is 11.1 Å². The van der Waals surface area contributed by atoms with Gasteiger partial charge in [-0.3, -0.25) is 0 Å². The van der Waals surface area contributed by atoms with Gasteiger partial charge in [0.25, 0.3) is 0 Å². The van der Waals surface area contributed by atoms with Crippen LogP contribution in [0.2, 0.25) is 0 Å². The zero-order chi connectivity index (χ0) is 15.0. The number of hydrogen-bond acceptors (Lipinski definition) is 0. The van der Waals surface area contributed by atoms with Crippen LogP contribution in [0.4, 0.5) is 0 Å². The Labute approximate surface area is 132 Å². The fraction of sp³-hybridized carbons (Fsp3) is 0.238. The molecule has 4 rings (SSSR count). The van der Waals surface area contributed by atoms with Crippen LogP contribution in [0.15, 0.2) is 78.5 Å². The molecule has 1 aliphatic carbocycles. The van der Waals surface area contributed by atoms with E-state index < -0.39 is 0 Å². The average molecular weight is 288 g/mol. The van der Waals surface area contributed by atoms with Gasteiger partial charge in [0.2, 0.25) is 0 Å². The lowest BCUT2D eigenvalue weighted by Crippen LogP contribution is -2.79. The van der Waals surface area contributed by atoms with Crippen molar-refractivity contribution in [3.8, 4) is 11.1 Å². The molecule has 0 amide bonds. The summed E-state index contributed by atoms with van der Waals surface area (Å²) in [6, 6.07) is 20.0. The molecule has 1 aliphatic heterocycles. The third-order valence-corrected chi connectivity index (χ3v) is 5.03. The van der Waals surface area contributed by atoms with E-state index in [9.17, 15) is 0 Å². The van der Waals surface area contributed by atoms with Gasteiger partial charge in [-0.2, -0.15) is 0 Å². The van der Waals surface area contributed by atoms with E-state index in [-0.39, 0.29) is 0 Å². The Bertz CT molecular complexity index is 736. The number of quaternary nitrogens is 1. The van der Waals surface area contributed by atoms with Gasteiger partial charge in [0.1, 0.15) is 6.04 Å². The second-order valence-electron chi connectivity index (χ2n) is 6.75. The molecule has 22 heavy (non-hydrogen) atoms. The van der Waals surface area contributed by atoms with Crippen LogP contribution in [-0.2, 0) is 0 Å². The van der Waals surface area contributed by atoms with Crippen LogP contribution in [0.5, 0.6) is 0 Å². The second-order valence-corrected chi connectivity index (χ2v) is 6.75. The molecule has 2 aliphatic rings. The van der Waals surface area contributed by atoms with Gasteiger partial charge in [-0.1, -0.05) is 55.5 Å².